The van der Waals surface area contributed by atoms with Gasteiger partial charge in [0.2, 0.25) is 11.9 Å². The van der Waals surface area contributed by atoms with Crippen molar-refractivity contribution in [2.24, 2.45) is 4.99 Å². The Morgan fingerprint density at radius 1 is 1.24 bits per heavy atom. The molecule has 162 valence electrons. The monoisotopic (exact) mass is 423 g/mol. The predicted octanol–water partition coefficient (Wildman–Crippen LogP) is 1.08. The van der Waals surface area contributed by atoms with Gasteiger partial charge in [-0.2, -0.15) is 0 Å². The highest BCUT2D eigenvalue weighted by atomic mass is 32.1. The average Bonchev–Trinajstić information content (AvgIpc) is 2.68. The molecule has 1 aliphatic rings. The van der Waals surface area contributed by atoms with Crippen molar-refractivity contribution in [3.8, 4) is 0 Å². The van der Waals surface area contributed by atoms with Crippen molar-refractivity contribution in [1.82, 2.24) is 25.5 Å². The van der Waals surface area contributed by atoms with Gasteiger partial charge in [-0.3, -0.25) is 15.2 Å². The molecule has 0 aliphatic carbocycles. The molecule has 3 N–H and O–H groups in total. The van der Waals surface area contributed by atoms with Crippen LogP contribution in [0.5, 0.6) is 0 Å². The van der Waals surface area contributed by atoms with Gasteiger partial charge in [0.1, 0.15) is 0 Å². The number of anilines is 1. The van der Waals surface area contributed by atoms with Crippen LogP contribution in [0.2, 0.25) is 0 Å². The minimum atomic E-state index is 0.496. The third kappa shape index (κ3) is 9.93. The molecule has 10 heteroatoms. The van der Waals surface area contributed by atoms with Crippen LogP contribution in [0, 0.1) is 13.8 Å². The lowest BCUT2D eigenvalue weighted by molar-refractivity contribution is 0.0376. The second-order valence-electron chi connectivity index (χ2n) is 6.86. The molecule has 1 fully saturated rings. The van der Waals surface area contributed by atoms with Crippen molar-refractivity contribution in [3.05, 3.63) is 17.5 Å². The molecular weight excluding hydrogens is 390 g/mol. The van der Waals surface area contributed by atoms with Crippen LogP contribution in [0.4, 0.5) is 5.95 Å². The average molecular weight is 424 g/mol. The molecule has 0 aromatic carbocycles. The Bertz CT molecular complexity index is 646. The highest BCUT2D eigenvalue weighted by molar-refractivity contribution is 7.80. The number of hydrogen-bond acceptors (Lipinski definition) is 7. The zero-order chi connectivity index (χ0) is 20.9. The molecule has 0 amide bonds. The molecule has 1 aromatic rings. The number of ether oxygens (including phenoxy) is 2. The van der Waals surface area contributed by atoms with Gasteiger partial charge in [0.25, 0.3) is 0 Å². The van der Waals surface area contributed by atoms with Gasteiger partial charge < -0.3 is 20.1 Å². The molecule has 0 bridgehead atoms. The quantitative estimate of drug-likeness (QED) is 0.233. The molecule has 29 heavy (non-hydrogen) atoms. The summed E-state index contributed by atoms with van der Waals surface area (Å²) in [6.07, 6.45) is 1.83. The number of aromatic nitrogens is 2. The van der Waals surface area contributed by atoms with E-state index >= 15 is 0 Å². The van der Waals surface area contributed by atoms with E-state index in [0.29, 0.717) is 30.2 Å². The zero-order valence-corrected chi connectivity index (χ0v) is 18.5. The number of guanidine groups is 1. The minimum Gasteiger partial charge on any atom is -0.385 e. The van der Waals surface area contributed by atoms with Gasteiger partial charge in [-0.1, -0.05) is 0 Å². The molecule has 9 nitrogen and oxygen atoms in total. The molecule has 2 rings (SSSR count). The van der Waals surface area contributed by atoms with Crippen molar-refractivity contribution in [3.63, 3.8) is 0 Å². The van der Waals surface area contributed by atoms with Crippen LogP contribution >= 0.6 is 12.2 Å². The summed E-state index contributed by atoms with van der Waals surface area (Å²) in [4.78, 5) is 15.8. The van der Waals surface area contributed by atoms with E-state index in [9.17, 15) is 0 Å². The van der Waals surface area contributed by atoms with Crippen molar-refractivity contribution >= 4 is 29.2 Å². The summed E-state index contributed by atoms with van der Waals surface area (Å²) in [6.45, 7) is 10.6. The lowest BCUT2D eigenvalue weighted by Gasteiger charge is -2.26. The smallest absolute Gasteiger partial charge is 0.229 e. The van der Waals surface area contributed by atoms with E-state index in [-0.39, 0.29) is 0 Å². The molecule has 0 saturated carbocycles. The maximum atomic E-state index is 5.43. The number of thiocarbonyl (C=S) groups is 1. The Balaban J connectivity index is 1.82. The van der Waals surface area contributed by atoms with Crippen molar-refractivity contribution in [1.29, 1.82) is 0 Å². The number of nitrogens with one attached hydrogen (secondary N) is 3. The predicted molar refractivity (Wildman–Crippen MR) is 120 cm³/mol. The highest BCUT2D eigenvalue weighted by Crippen LogP contribution is 2.03. The van der Waals surface area contributed by atoms with E-state index < -0.39 is 0 Å². The Morgan fingerprint density at radius 2 is 1.97 bits per heavy atom. The maximum Gasteiger partial charge on any atom is 0.229 e. The summed E-state index contributed by atoms with van der Waals surface area (Å²) in [6, 6.07) is 1.93. The van der Waals surface area contributed by atoms with Crippen molar-refractivity contribution in [2.75, 3.05) is 65.0 Å². The van der Waals surface area contributed by atoms with E-state index in [2.05, 4.69) is 35.8 Å². The van der Waals surface area contributed by atoms with Gasteiger partial charge in [0, 0.05) is 51.3 Å². The standard InChI is InChI=1S/C19H33N7O2S/c1-15-14-16(2)23-18(22-15)24-17(20-7-5-11-27-3)25-19(29)21-6-4-8-26-9-12-28-13-10-26/h14H,4-13H2,1-3H3,(H3,20,21,22,23,24,25,29). The zero-order valence-electron chi connectivity index (χ0n) is 17.7. The van der Waals surface area contributed by atoms with Gasteiger partial charge >= 0.3 is 0 Å². The van der Waals surface area contributed by atoms with Gasteiger partial charge in [0.15, 0.2) is 5.11 Å². The fraction of sp³-hybridized carbons (Fsp3) is 0.684. The highest BCUT2D eigenvalue weighted by Gasteiger charge is 2.10. The van der Waals surface area contributed by atoms with Gasteiger partial charge in [-0.15, -0.1) is 0 Å². The molecular formula is C19H33N7O2S. The summed E-state index contributed by atoms with van der Waals surface area (Å²) in [5, 5.41) is 10.0. The SMILES string of the molecule is COCCCN=C(NC(=S)NCCCN1CCOCC1)Nc1nc(C)cc(C)n1. The van der Waals surface area contributed by atoms with Gasteiger partial charge in [0.05, 0.1) is 13.2 Å². The molecule has 1 aliphatic heterocycles. The molecule has 0 atom stereocenters. The Labute approximate surface area is 178 Å². The molecule has 0 radical (unpaired) electrons. The van der Waals surface area contributed by atoms with E-state index in [1.54, 1.807) is 7.11 Å². The number of methoxy groups -OCH3 is 1. The van der Waals surface area contributed by atoms with Crippen LogP contribution < -0.4 is 16.0 Å². The first-order valence-electron chi connectivity index (χ1n) is 10.0. The summed E-state index contributed by atoms with van der Waals surface area (Å²) in [7, 11) is 1.68. The third-order valence-corrected chi connectivity index (χ3v) is 4.51. The fourth-order valence-corrected chi connectivity index (χ4v) is 3.08. The topological polar surface area (TPSA) is 95.9 Å². The van der Waals surface area contributed by atoms with Gasteiger partial charge in [-0.25, -0.2) is 9.97 Å². The second-order valence-corrected chi connectivity index (χ2v) is 7.27. The van der Waals surface area contributed by atoms with Crippen molar-refractivity contribution < 1.29 is 9.47 Å². The van der Waals surface area contributed by atoms with Crippen LogP contribution in [-0.2, 0) is 9.47 Å². The summed E-state index contributed by atoms with van der Waals surface area (Å²) < 4.78 is 10.5. The Morgan fingerprint density at radius 3 is 2.66 bits per heavy atom. The number of aryl methyl sites for hydroxylation is 2. The number of rotatable bonds is 9. The number of morpholine rings is 1. The fourth-order valence-electron chi connectivity index (χ4n) is 2.88. The maximum absolute atomic E-state index is 5.43. The number of nitrogens with zero attached hydrogens (tertiary/aromatic N) is 4. The number of hydrogen-bond donors (Lipinski definition) is 3. The largest absolute Gasteiger partial charge is 0.385 e. The molecule has 1 saturated heterocycles. The van der Waals surface area contributed by atoms with Crippen molar-refractivity contribution in [2.45, 2.75) is 26.7 Å². The first-order chi connectivity index (χ1) is 14.1. The summed E-state index contributed by atoms with van der Waals surface area (Å²) in [5.74, 6) is 1.02. The van der Waals surface area contributed by atoms with E-state index in [1.165, 1.54) is 0 Å². The van der Waals surface area contributed by atoms with Crippen LogP contribution in [0.25, 0.3) is 0 Å². The first kappa shape index (κ1) is 23.4. The molecule has 2 heterocycles. The van der Waals surface area contributed by atoms with E-state index in [0.717, 1.165) is 63.6 Å². The molecule has 1 aromatic heterocycles. The van der Waals surface area contributed by atoms with Crippen LogP contribution in [-0.4, -0.2) is 85.6 Å². The third-order valence-electron chi connectivity index (χ3n) is 4.26. The molecule has 0 spiro atoms. The molecule has 0 unspecified atom stereocenters. The second kappa shape index (κ2) is 13.4. The van der Waals surface area contributed by atoms with E-state index in [4.69, 9.17) is 21.7 Å². The summed E-state index contributed by atoms with van der Waals surface area (Å²) >= 11 is 5.43. The lowest BCUT2D eigenvalue weighted by atomic mass is 10.3. The van der Waals surface area contributed by atoms with Gasteiger partial charge in [-0.05, 0) is 51.5 Å². The van der Waals surface area contributed by atoms with Crippen LogP contribution in [0.3, 0.4) is 0 Å². The Hall–Kier alpha value is -1.88. The van der Waals surface area contributed by atoms with E-state index in [1.807, 2.05) is 19.9 Å². The first-order valence-corrected chi connectivity index (χ1v) is 10.5. The summed E-state index contributed by atoms with van der Waals surface area (Å²) in [5.41, 5.74) is 1.78. The van der Waals surface area contributed by atoms with Crippen LogP contribution in [0.15, 0.2) is 11.1 Å². The Kier molecular flexibility index (Phi) is 10.8. The lowest BCUT2D eigenvalue weighted by Crippen LogP contribution is -2.44. The van der Waals surface area contributed by atoms with Crippen LogP contribution in [0.1, 0.15) is 24.2 Å². The number of aliphatic imine (C=N–C) groups is 1. The normalized spacial score (nSPS) is 15.2. The minimum absolute atomic E-state index is 0.496.